The number of hydrogen-bond acceptors (Lipinski definition) is 8. The maximum Gasteiger partial charge on any atom is 0.240 e. The van der Waals surface area contributed by atoms with Gasteiger partial charge >= 0.3 is 0 Å². The van der Waals surface area contributed by atoms with E-state index in [1.165, 1.54) is 0 Å². The first-order valence-electron chi connectivity index (χ1n) is 7.73. The van der Waals surface area contributed by atoms with Gasteiger partial charge in [0.1, 0.15) is 11.5 Å². The lowest BCUT2D eigenvalue weighted by atomic mass is 10.2. The highest BCUT2D eigenvalue weighted by Crippen LogP contribution is 2.28. The van der Waals surface area contributed by atoms with E-state index >= 15 is 0 Å². The van der Waals surface area contributed by atoms with Gasteiger partial charge in [0.25, 0.3) is 0 Å². The Morgan fingerprint density at radius 1 is 1.38 bits per heavy atom. The Balaban J connectivity index is 1.76. The predicted octanol–water partition coefficient (Wildman–Crippen LogP) is 3.51. The SMILES string of the molecule is COc1ncc(NCC2CCCOS2)nc1-c1ccc(SC)nc1. The highest BCUT2D eigenvalue weighted by Gasteiger charge is 2.16. The fourth-order valence-corrected chi connectivity index (χ4v) is 3.54. The van der Waals surface area contributed by atoms with Crippen LogP contribution in [0.15, 0.2) is 29.6 Å². The third-order valence-electron chi connectivity index (χ3n) is 3.62. The number of nitrogens with one attached hydrogen (secondary N) is 1. The fourth-order valence-electron chi connectivity index (χ4n) is 2.36. The minimum Gasteiger partial charge on any atom is -0.479 e. The Hall–Kier alpha value is -1.51. The van der Waals surface area contributed by atoms with Crippen LogP contribution in [-0.4, -0.2) is 46.7 Å². The van der Waals surface area contributed by atoms with Crippen molar-refractivity contribution in [3.63, 3.8) is 0 Å². The standard InChI is InChI=1S/C16H20N4O2S2/c1-21-16-15(11-5-6-14(23-2)18-8-11)20-13(10-19-16)17-9-12-4-3-7-22-24-12/h5-6,8,10,12H,3-4,7,9H2,1-2H3,(H,17,20). The summed E-state index contributed by atoms with van der Waals surface area (Å²) in [6.07, 6.45) is 7.74. The van der Waals surface area contributed by atoms with Crippen LogP contribution < -0.4 is 10.1 Å². The van der Waals surface area contributed by atoms with E-state index in [2.05, 4.69) is 20.3 Å². The average Bonchev–Trinajstić information content (AvgIpc) is 2.67. The molecule has 1 aliphatic heterocycles. The second kappa shape index (κ2) is 8.55. The maximum atomic E-state index is 5.43. The molecule has 2 aromatic rings. The number of hydrogen-bond donors (Lipinski definition) is 1. The van der Waals surface area contributed by atoms with Crippen molar-refractivity contribution in [1.82, 2.24) is 15.0 Å². The summed E-state index contributed by atoms with van der Waals surface area (Å²) in [5.74, 6) is 1.22. The Bertz CT molecular complexity index is 664. The van der Waals surface area contributed by atoms with E-state index in [-0.39, 0.29) is 0 Å². The molecule has 3 rings (SSSR count). The van der Waals surface area contributed by atoms with Crippen molar-refractivity contribution < 1.29 is 8.92 Å². The molecule has 8 heteroatoms. The molecule has 2 aromatic heterocycles. The first-order valence-corrected chi connectivity index (χ1v) is 9.76. The molecule has 1 fully saturated rings. The van der Waals surface area contributed by atoms with Gasteiger partial charge in [-0.25, -0.2) is 15.0 Å². The van der Waals surface area contributed by atoms with E-state index in [1.807, 2.05) is 18.4 Å². The zero-order chi connectivity index (χ0) is 16.8. The van der Waals surface area contributed by atoms with Crippen LogP contribution in [-0.2, 0) is 4.18 Å². The zero-order valence-corrected chi connectivity index (χ0v) is 15.3. The number of methoxy groups -OCH3 is 1. The van der Waals surface area contributed by atoms with Gasteiger partial charge in [0.05, 0.1) is 24.9 Å². The van der Waals surface area contributed by atoms with E-state index in [9.17, 15) is 0 Å². The quantitative estimate of drug-likeness (QED) is 0.617. The number of aromatic nitrogens is 3. The minimum absolute atomic E-state index is 0.439. The highest BCUT2D eigenvalue weighted by atomic mass is 32.2. The lowest BCUT2D eigenvalue weighted by Crippen LogP contribution is -2.21. The van der Waals surface area contributed by atoms with Gasteiger partial charge < -0.3 is 14.2 Å². The van der Waals surface area contributed by atoms with E-state index in [0.717, 1.165) is 42.4 Å². The van der Waals surface area contributed by atoms with Crippen molar-refractivity contribution in [2.24, 2.45) is 0 Å². The molecule has 24 heavy (non-hydrogen) atoms. The van der Waals surface area contributed by atoms with Gasteiger partial charge in [0.15, 0.2) is 0 Å². The molecular formula is C16H20N4O2S2. The van der Waals surface area contributed by atoms with E-state index < -0.39 is 0 Å². The fraction of sp³-hybridized carbons (Fsp3) is 0.438. The van der Waals surface area contributed by atoms with Crippen molar-refractivity contribution in [1.29, 1.82) is 0 Å². The van der Waals surface area contributed by atoms with Gasteiger partial charge in [-0.1, -0.05) is 0 Å². The minimum atomic E-state index is 0.439. The number of pyridine rings is 1. The molecule has 1 unspecified atom stereocenters. The lowest BCUT2D eigenvalue weighted by molar-refractivity contribution is 0.332. The summed E-state index contributed by atoms with van der Waals surface area (Å²) in [4.78, 5) is 13.4. The van der Waals surface area contributed by atoms with Crippen LogP contribution in [0.3, 0.4) is 0 Å². The molecule has 0 radical (unpaired) electrons. The van der Waals surface area contributed by atoms with Gasteiger partial charge in [0.2, 0.25) is 5.88 Å². The normalized spacial score (nSPS) is 17.5. The molecule has 1 N–H and O–H groups in total. The predicted molar refractivity (Wildman–Crippen MR) is 98.7 cm³/mol. The summed E-state index contributed by atoms with van der Waals surface area (Å²) in [6, 6.07) is 3.96. The molecule has 0 amide bonds. The van der Waals surface area contributed by atoms with Crippen LogP contribution >= 0.6 is 23.8 Å². The number of thioether (sulfide) groups is 1. The maximum absolute atomic E-state index is 5.43. The van der Waals surface area contributed by atoms with Crippen LogP contribution in [0.4, 0.5) is 5.82 Å². The first-order chi connectivity index (χ1) is 11.8. The Morgan fingerprint density at radius 3 is 2.96 bits per heavy atom. The second-order valence-corrected chi connectivity index (χ2v) is 7.19. The van der Waals surface area contributed by atoms with E-state index in [1.54, 1.807) is 43.3 Å². The van der Waals surface area contributed by atoms with Crippen LogP contribution in [0.5, 0.6) is 5.88 Å². The van der Waals surface area contributed by atoms with Crippen LogP contribution in [0, 0.1) is 0 Å². The van der Waals surface area contributed by atoms with Crippen LogP contribution in [0.1, 0.15) is 12.8 Å². The summed E-state index contributed by atoms with van der Waals surface area (Å²) in [7, 11) is 1.60. The molecule has 3 heterocycles. The summed E-state index contributed by atoms with van der Waals surface area (Å²) in [5.41, 5.74) is 1.58. The van der Waals surface area contributed by atoms with Gasteiger partial charge in [-0.3, -0.25) is 0 Å². The molecule has 1 atom stereocenters. The number of anilines is 1. The van der Waals surface area contributed by atoms with Gasteiger partial charge in [0, 0.05) is 23.6 Å². The van der Waals surface area contributed by atoms with E-state index in [0.29, 0.717) is 16.8 Å². The second-order valence-electron chi connectivity index (χ2n) is 5.27. The molecule has 1 aliphatic rings. The summed E-state index contributed by atoms with van der Waals surface area (Å²) >= 11 is 3.15. The van der Waals surface area contributed by atoms with Crippen LogP contribution in [0.2, 0.25) is 0 Å². The molecule has 1 saturated heterocycles. The van der Waals surface area contributed by atoms with Gasteiger partial charge in [-0.05, 0) is 43.3 Å². The Labute approximate surface area is 150 Å². The number of rotatable bonds is 6. The average molecular weight is 364 g/mol. The summed E-state index contributed by atoms with van der Waals surface area (Å²) in [5, 5.41) is 4.75. The van der Waals surface area contributed by atoms with Crippen molar-refractivity contribution in [3.8, 4) is 17.1 Å². The molecule has 128 valence electrons. The number of nitrogens with zero attached hydrogens (tertiary/aromatic N) is 3. The van der Waals surface area contributed by atoms with Gasteiger partial charge in [-0.2, -0.15) is 0 Å². The van der Waals surface area contributed by atoms with Crippen molar-refractivity contribution in [3.05, 3.63) is 24.5 Å². The molecule has 0 bridgehead atoms. The molecule has 0 aromatic carbocycles. The topological polar surface area (TPSA) is 69.2 Å². The monoisotopic (exact) mass is 364 g/mol. The third kappa shape index (κ3) is 4.31. The molecule has 0 aliphatic carbocycles. The summed E-state index contributed by atoms with van der Waals surface area (Å²) < 4.78 is 10.8. The lowest BCUT2D eigenvalue weighted by Gasteiger charge is -2.21. The molecule has 0 saturated carbocycles. The van der Waals surface area contributed by atoms with Crippen LogP contribution in [0.25, 0.3) is 11.3 Å². The molecular weight excluding hydrogens is 344 g/mol. The van der Waals surface area contributed by atoms with Crippen molar-refractivity contribution in [2.45, 2.75) is 23.1 Å². The summed E-state index contributed by atoms with van der Waals surface area (Å²) in [6.45, 7) is 1.64. The smallest absolute Gasteiger partial charge is 0.240 e. The Morgan fingerprint density at radius 2 is 2.29 bits per heavy atom. The largest absolute Gasteiger partial charge is 0.479 e. The first kappa shape index (κ1) is 17.3. The van der Waals surface area contributed by atoms with Gasteiger partial charge in [-0.15, -0.1) is 11.8 Å². The van der Waals surface area contributed by atoms with Crippen molar-refractivity contribution in [2.75, 3.05) is 31.8 Å². The Kier molecular flexibility index (Phi) is 6.17. The zero-order valence-electron chi connectivity index (χ0n) is 13.7. The van der Waals surface area contributed by atoms with E-state index in [4.69, 9.17) is 8.92 Å². The van der Waals surface area contributed by atoms with Crippen molar-refractivity contribution >= 4 is 29.6 Å². The molecule has 6 nitrogen and oxygen atoms in total. The number of ether oxygens (including phenoxy) is 1. The highest BCUT2D eigenvalue weighted by molar-refractivity contribution is 7.98. The third-order valence-corrected chi connectivity index (χ3v) is 5.26. The molecule has 0 spiro atoms.